The van der Waals surface area contributed by atoms with Crippen LogP contribution in [0.4, 0.5) is 0 Å². The number of ether oxygens (including phenoxy) is 2. The number of likely N-dealkylation sites (tertiary alicyclic amines) is 1. The smallest absolute Gasteiger partial charge is 0.310 e. The molecular formula is C18H25NO4. The second kappa shape index (κ2) is 7.99. The van der Waals surface area contributed by atoms with E-state index in [4.69, 9.17) is 9.47 Å². The Labute approximate surface area is 137 Å². The molecule has 1 heterocycles. The fourth-order valence-corrected chi connectivity index (χ4v) is 2.91. The molecule has 5 nitrogen and oxygen atoms in total. The maximum absolute atomic E-state index is 12.3. The van der Waals surface area contributed by atoms with Gasteiger partial charge < -0.3 is 14.4 Å². The molecule has 1 fully saturated rings. The van der Waals surface area contributed by atoms with Crippen molar-refractivity contribution in [2.24, 2.45) is 5.92 Å². The molecule has 1 saturated heterocycles. The minimum absolute atomic E-state index is 0.00155. The monoisotopic (exact) mass is 319 g/mol. The quantitative estimate of drug-likeness (QED) is 0.783. The Morgan fingerprint density at radius 3 is 2.57 bits per heavy atom. The topological polar surface area (TPSA) is 55.8 Å². The molecule has 0 spiro atoms. The molecule has 5 heteroatoms. The fraction of sp³-hybridized carbons (Fsp3) is 0.556. The van der Waals surface area contributed by atoms with Crippen molar-refractivity contribution < 1.29 is 19.1 Å². The van der Waals surface area contributed by atoms with Crippen LogP contribution in [0, 0.1) is 19.8 Å². The molecule has 1 atom stereocenters. The van der Waals surface area contributed by atoms with E-state index in [0.717, 1.165) is 24.0 Å². The first-order valence-electron chi connectivity index (χ1n) is 8.15. The van der Waals surface area contributed by atoms with Gasteiger partial charge in [0.1, 0.15) is 5.75 Å². The standard InChI is InChI=1S/C18H25NO4/c1-4-22-18(21)15-6-5-7-19(11-15)17(20)12-23-16-9-13(2)8-14(3)10-16/h8-10,15H,4-7,11-12H2,1-3H3/t15-/m1/s1. The number of carbonyl (C=O) groups excluding carboxylic acids is 2. The van der Waals surface area contributed by atoms with Crippen molar-refractivity contribution in [3.05, 3.63) is 29.3 Å². The third-order valence-electron chi connectivity index (χ3n) is 3.95. The van der Waals surface area contributed by atoms with E-state index in [-0.39, 0.29) is 24.4 Å². The van der Waals surface area contributed by atoms with Gasteiger partial charge in [0.15, 0.2) is 6.61 Å². The largest absolute Gasteiger partial charge is 0.484 e. The van der Waals surface area contributed by atoms with Crippen molar-refractivity contribution >= 4 is 11.9 Å². The highest BCUT2D eigenvalue weighted by atomic mass is 16.5. The Balaban J connectivity index is 1.88. The average molecular weight is 319 g/mol. The minimum atomic E-state index is -0.214. The molecule has 1 aromatic carbocycles. The summed E-state index contributed by atoms with van der Waals surface area (Å²) < 4.78 is 10.7. The van der Waals surface area contributed by atoms with Gasteiger partial charge in [-0.1, -0.05) is 6.07 Å². The van der Waals surface area contributed by atoms with E-state index in [9.17, 15) is 9.59 Å². The van der Waals surface area contributed by atoms with Crippen molar-refractivity contribution in [1.29, 1.82) is 0 Å². The normalized spacial score (nSPS) is 17.7. The van der Waals surface area contributed by atoms with Crippen molar-refractivity contribution in [2.75, 3.05) is 26.3 Å². The van der Waals surface area contributed by atoms with Gasteiger partial charge in [-0.3, -0.25) is 9.59 Å². The van der Waals surface area contributed by atoms with Crippen LogP contribution in [0.15, 0.2) is 18.2 Å². The number of amides is 1. The van der Waals surface area contributed by atoms with E-state index in [1.54, 1.807) is 11.8 Å². The number of hydrogen-bond acceptors (Lipinski definition) is 4. The first kappa shape index (κ1) is 17.3. The molecular weight excluding hydrogens is 294 g/mol. The van der Waals surface area contributed by atoms with Gasteiger partial charge in [-0.05, 0) is 56.9 Å². The summed E-state index contributed by atoms with van der Waals surface area (Å²) in [6.07, 6.45) is 1.60. The SMILES string of the molecule is CCOC(=O)[C@@H]1CCCN(C(=O)COc2cc(C)cc(C)c2)C1. The maximum Gasteiger partial charge on any atom is 0.310 e. The third kappa shape index (κ3) is 4.98. The van der Waals surface area contributed by atoms with Crippen LogP contribution in [0.5, 0.6) is 5.75 Å². The number of benzene rings is 1. The van der Waals surface area contributed by atoms with Crippen LogP contribution in [0.3, 0.4) is 0 Å². The molecule has 1 aliphatic rings. The Morgan fingerprint density at radius 2 is 1.91 bits per heavy atom. The van der Waals surface area contributed by atoms with Crippen LogP contribution in [0.25, 0.3) is 0 Å². The predicted molar refractivity (Wildman–Crippen MR) is 87.3 cm³/mol. The Hall–Kier alpha value is -2.04. The predicted octanol–water partition coefficient (Wildman–Crippen LogP) is 2.48. The van der Waals surface area contributed by atoms with E-state index in [1.807, 2.05) is 26.0 Å². The second-order valence-electron chi connectivity index (χ2n) is 6.04. The number of carbonyl (C=O) groups is 2. The number of piperidine rings is 1. The van der Waals surface area contributed by atoms with Crippen molar-refractivity contribution in [3.63, 3.8) is 0 Å². The molecule has 23 heavy (non-hydrogen) atoms. The van der Waals surface area contributed by atoms with E-state index in [0.29, 0.717) is 25.4 Å². The molecule has 126 valence electrons. The summed E-state index contributed by atoms with van der Waals surface area (Å²) in [7, 11) is 0. The zero-order valence-electron chi connectivity index (χ0n) is 14.1. The lowest BCUT2D eigenvalue weighted by Crippen LogP contribution is -2.44. The molecule has 0 bridgehead atoms. The lowest BCUT2D eigenvalue weighted by molar-refractivity contribution is -0.151. The Bertz CT molecular complexity index is 550. The summed E-state index contributed by atoms with van der Waals surface area (Å²) in [5.74, 6) is 0.196. The van der Waals surface area contributed by atoms with Gasteiger partial charge in [-0.2, -0.15) is 0 Å². The summed E-state index contributed by atoms with van der Waals surface area (Å²) >= 11 is 0. The van der Waals surface area contributed by atoms with E-state index in [2.05, 4.69) is 6.07 Å². The van der Waals surface area contributed by atoms with Crippen molar-refractivity contribution in [1.82, 2.24) is 4.90 Å². The molecule has 1 aromatic rings. The van der Waals surface area contributed by atoms with Crippen LogP contribution >= 0.6 is 0 Å². The summed E-state index contributed by atoms with van der Waals surface area (Å²) in [4.78, 5) is 25.8. The number of rotatable bonds is 5. The Morgan fingerprint density at radius 1 is 1.22 bits per heavy atom. The molecule has 2 rings (SSSR count). The van der Waals surface area contributed by atoms with Gasteiger partial charge in [-0.25, -0.2) is 0 Å². The second-order valence-corrected chi connectivity index (χ2v) is 6.04. The molecule has 0 radical (unpaired) electrons. The number of esters is 1. The first-order valence-corrected chi connectivity index (χ1v) is 8.15. The van der Waals surface area contributed by atoms with Crippen LogP contribution in [0.2, 0.25) is 0 Å². The van der Waals surface area contributed by atoms with Gasteiger partial charge in [0.25, 0.3) is 5.91 Å². The van der Waals surface area contributed by atoms with Crippen LogP contribution < -0.4 is 4.74 Å². The number of hydrogen-bond donors (Lipinski definition) is 0. The van der Waals surface area contributed by atoms with Crippen molar-refractivity contribution in [2.45, 2.75) is 33.6 Å². The molecule has 1 aliphatic heterocycles. The van der Waals surface area contributed by atoms with Crippen LogP contribution in [-0.4, -0.2) is 43.1 Å². The Kier molecular flexibility index (Phi) is 6.02. The molecule has 0 unspecified atom stereocenters. The van der Waals surface area contributed by atoms with E-state index in [1.165, 1.54) is 0 Å². The van der Waals surface area contributed by atoms with Gasteiger partial charge in [0, 0.05) is 13.1 Å². The zero-order chi connectivity index (χ0) is 16.8. The van der Waals surface area contributed by atoms with E-state index >= 15 is 0 Å². The van der Waals surface area contributed by atoms with Crippen LogP contribution in [-0.2, 0) is 14.3 Å². The highest BCUT2D eigenvalue weighted by Gasteiger charge is 2.29. The highest BCUT2D eigenvalue weighted by Crippen LogP contribution is 2.19. The molecule has 0 saturated carbocycles. The lowest BCUT2D eigenvalue weighted by Gasteiger charge is -2.31. The maximum atomic E-state index is 12.3. The molecule has 0 aromatic heterocycles. The van der Waals surface area contributed by atoms with Gasteiger partial charge in [0.05, 0.1) is 12.5 Å². The highest BCUT2D eigenvalue weighted by molar-refractivity contribution is 5.79. The number of aryl methyl sites for hydroxylation is 2. The fourth-order valence-electron chi connectivity index (χ4n) is 2.91. The molecule has 0 N–H and O–H groups in total. The van der Waals surface area contributed by atoms with E-state index < -0.39 is 0 Å². The zero-order valence-corrected chi connectivity index (χ0v) is 14.1. The first-order chi connectivity index (χ1) is 11.0. The van der Waals surface area contributed by atoms with Gasteiger partial charge in [0.2, 0.25) is 0 Å². The van der Waals surface area contributed by atoms with Crippen LogP contribution in [0.1, 0.15) is 30.9 Å². The van der Waals surface area contributed by atoms with Gasteiger partial charge >= 0.3 is 5.97 Å². The minimum Gasteiger partial charge on any atom is -0.484 e. The van der Waals surface area contributed by atoms with Crippen molar-refractivity contribution in [3.8, 4) is 5.75 Å². The summed E-state index contributed by atoms with van der Waals surface area (Å²) in [6, 6.07) is 5.89. The third-order valence-corrected chi connectivity index (χ3v) is 3.95. The molecule has 1 amide bonds. The lowest BCUT2D eigenvalue weighted by atomic mass is 9.98. The average Bonchev–Trinajstić information content (AvgIpc) is 2.52. The van der Waals surface area contributed by atoms with Gasteiger partial charge in [-0.15, -0.1) is 0 Å². The summed E-state index contributed by atoms with van der Waals surface area (Å²) in [5.41, 5.74) is 2.21. The number of nitrogens with zero attached hydrogens (tertiary/aromatic N) is 1. The summed E-state index contributed by atoms with van der Waals surface area (Å²) in [5, 5.41) is 0. The summed E-state index contributed by atoms with van der Waals surface area (Å²) in [6.45, 7) is 7.25. The molecule has 0 aliphatic carbocycles.